The van der Waals surface area contributed by atoms with Crippen LogP contribution in [0, 0.1) is 11.3 Å². The fourth-order valence-electron chi connectivity index (χ4n) is 1.60. The number of halogens is 1. The number of sulfonamides is 1. The standard InChI is InChI=1S/C12H15BrN2O2S/c1-10(2)15(9-5-8-14)18(16,17)12-7-4-3-6-11(12)13/h3-4,6-7,10H,5,9H2,1-2H3. The van der Waals surface area contributed by atoms with Gasteiger partial charge in [0.05, 0.1) is 11.0 Å². The lowest BCUT2D eigenvalue weighted by Crippen LogP contribution is -2.37. The van der Waals surface area contributed by atoms with Crippen LogP contribution >= 0.6 is 15.9 Å². The summed E-state index contributed by atoms with van der Waals surface area (Å²) in [6.07, 6.45) is 0.182. The molecule has 0 saturated carbocycles. The summed E-state index contributed by atoms with van der Waals surface area (Å²) in [6.45, 7) is 3.80. The predicted octanol–water partition coefficient (Wildman–Crippen LogP) is 2.76. The third-order valence-electron chi connectivity index (χ3n) is 2.44. The second-order valence-electron chi connectivity index (χ2n) is 4.05. The van der Waals surface area contributed by atoms with Gasteiger partial charge in [0.2, 0.25) is 10.0 Å². The Labute approximate surface area is 116 Å². The van der Waals surface area contributed by atoms with Crippen LogP contribution < -0.4 is 0 Å². The highest BCUT2D eigenvalue weighted by molar-refractivity contribution is 9.10. The van der Waals surface area contributed by atoms with Crippen LogP contribution in [0.15, 0.2) is 33.6 Å². The molecule has 0 aromatic heterocycles. The van der Waals surface area contributed by atoms with Crippen LogP contribution in [0.4, 0.5) is 0 Å². The average Bonchev–Trinajstić information content (AvgIpc) is 2.29. The van der Waals surface area contributed by atoms with Crippen LogP contribution in [0.2, 0.25) is 0 Å². The summed E-state index contributed by atoms with van der Waals surface area (Å²) < 4.78 is 26.9. The molecule has 0 saturated heterocycles. The summed E-state index contributed by atoms with van der Waals surface area (Å²) in [6, 6.07) is 8.48. The van der Waals surface area contributed by atoms with Gasteiger partial charge in [-0.15, -0.1) is 0 Å². The largest absolute Gasteiger partial charge is 0.244 e. The first-order chi connectivity index (χ1) is 8.41. The van der Waals surface area contributed by atoms with Gasteiger partial charge in [-0.3, -0.25) is 0 Å². The van der Waals surface area contributed by atoms with E-state index >= 15 is 0 Å². The van der Waals surface area contributed by atoms with Crippen molar-refractivity contribution in [3.8, 4) is 6.07 Å². The molecule has 0 aliphatic heterocycles. The number of hydrogen-bond acceptors (Lipinski definition) is 3. The highest BCUT2D eigenvalue weighted by Crippen LogP contribution is 2.25. The first-order valence-electron chi connectivity index (χ1n) is 5.54. The molecule has 0 fully saturated rings. The highest BCUT2D eigenvalue weighted by atomic mass is 79.9. The first-order valence-corrected chi connectivity index (χ1v) is 7.78. The Kier molecular flexibility index (Phi) is 5.32. The molecular weight excluding hydrogens is 316 g/mol. The van der Waals surface area contributed by atoms with Crippen LogP contribution in [0.3, 0.4) is 0 Å². The van der Waals surface area contributed by atoms with Crippen LogP contribution in [-0.2, 0) is 10.0 Å². The molecule has 6 heteroatoms. The highest BCUT2D eigenvalue weighted by Gasteiger charge is 2.28. The second kappa shape index (κ2) is 6.32. The van der Waals surface area contributed by atoms with E-state index in [0.717, 1.165) is 0 Å². The zero-order valence-electron chi connectivity index (χ0n) is 10.3. The van der Waals surface area contributed by atoms with Crippen molar-refractivity contribution in [3.05, 3.63) is 28.7 Å². The second-order valence-corrected chi connectivity index (χ2v) is 6.76. The van der Waals surface area contributed by atoms with Crippen molar-refractivity contribution < 1.29 is 8.42 Å². The summed E-state index contributed by atoms with van der Waals surface area (Å²) in [4.78, 5) is 0.233. The van der Waals surface area contributed by atoms with Crippen molar-refractivity contribution in [2.75, 3.05) is 6.54 Å². The van der Waals surface area contributed by atoms with Crippen molar-refractivity contribution in [1.29, 1.82) is 5.26 Å². The molecule has 18 heavy (non-hydrogen) atoms. The lowest BCUT2D eigenvalue weighted by Gasteiger charge is -2.25. The number of nitriles is 1. The molecule has 1 aromatic rings. The first kappa shape index (κ1) is 15.2. The average molecular weight is 331 g/mol. The summed E-state index contributed by atoms with van der Waals surface area (Å²) in [7, 11) is -3.57. The lowest BCUT2D eigenvalue weighted by atomic mass is 10.3. The van der Waals surface area contributed by atoms with Gasteiger partial charge < -0.3 is 0 Å². The molecule has 0 aliphatic carbocycles. The normalized spacial score (nSPS) is 11.8. The molecule has 1 rings (SSSR count). The molecule has 0 amide bonds. The van der Waals surface area contributed by atoms with E-state index in [-0.39, 0.29) is 23.9 Å². The van der Waals surface area contributed by atoms with Gasteiger partial charge in [0.1, 0.15) is 0 Å². The van der Waals surface area contributed by atoms with E-state index in [1.54, 1.807) is 38.1 Å². The van der Waals surface area contributed by atoms with Crippen molar-refractivity contribution in [2.45, 2.75) is 31.2 Å². The van der Waals surface area contributed by atoms with Gasteiger partial charge in [-0.05, 0) is 41.9 Å². The zero-order valence-corrected chi connectivity index (χ0v) is 12.7. The SMILES string of the molecule is CC(C)N(CCC#N)S(=O)(=O)c1ccccc1Br. The number of nitrogens with zero attached hydrogens (tertiary/aromatic N) is 2. The van der Waals surface area contributed by atoms with E-state index in [2.05, 4.69) is 15.9 Å². The fourth-order valence-corrected chi connectivity index (χ4v) is 4.20. The van der Waals surface area contributed by atoms with Crippen LogP contribution in [0.25, 0.3) is 0 Å². The molecule has 0 atom stereocenters. The fraction of sp³-hybridized carbons (Fsp3) is 0.417. The van der Waals surface area contributed by atoms with E-state index < -0.39 is 10.0 Å². The Morgan fingerprint density at radius 2 is 2.00 bits per heavy atom. The minimum atomic E-state index is -3.57. The van der Waals surface area contributed by atoms with E-state index in [9.17, 15) is 8.42 Å². The van der Waals surface area contributed by atoms with Crippen molar-refractivity contribution in [3.63, 3.8) is 0 Å². The maximum atomic E-state index is 12.5. The van der Waals surface area contributed by atoms with E-state index in [1.807, 2.05) is 6.07 Å². The number of benzene rings is 1. The lowest BCUT2D eigenvalue weighted by molar-refractivity contribution is 0.360. The summed E-state index contributed by atoms with van der Waals surface area (Å²) in [5.41, 5.74) is 0. The van der Waals surface area contributed by atoms with Crippen molar-refractivity contribution in [2.24, 2.45) is 0 Å². The molecule has 0 heterocycles. The summed E-state index contributed by atoms with van der Waals surface area (Å²) in [5.74, 6) is 0. The quantitative estimate of drug-likeness (QED) is 0.833. The van der Waals surface area contributed by atoms with Gasteiger partial charge in [-0.2, -0.15) is 9.57 Å². The number of rotatable bonds is 5. The third kappa shape index (κ3) is 3.31. The van der Waals surface area contributed by atoms with Gasteiger partial charge in [0.25, 0.3) is 0 Å². The Morgan fingerprint density at radius 3 is 2.50 bits per heavy atom. The van der Waals surface area contributed by atoms with Crippen LogP contribution in [0.5, 0.6) is 0 Å². The minimum Gasteiger partial charge on any atom is -0.207 e. The zero-order chi connectivity index (χ0) is 13.8. The van der Waals surface area contributed by atoms with Gasteiger partial charge in [-0.25, -0.2) is 8.42 Å². The van der Waals surface area contributed by atoms with E-state index in [4.69, 9.17) is 5.26 Å². The van der Waals surface area contributed by atoms with Gasteiger partial charge in [0, 0.05) is 23.5 Å². The molecular formula is C12H15BrN2O2S. The smallest absolute Gasteiger partial charge is 0.207 e. The minimum absolute atomic E-state index is 0.182. The van der Waals surface area contributed by atoms with Crippen molar-refractivity contribution in [1.82, 2.24) is 4.31 Å². The predicted molar refractivity (Wildman–Crippen MR) is 73.4 cm³/mol. The molecule has 98 valence electrons. The molecule has 0 unspecified atom stereocenters. The maximum absolute atomic E-state index is 12.5. The monoisotopic (exact) mass is 330 g/mol. The summed E-state index contributed by atoms with van der Waals surface area (Å²) >= 11 is 3.25. The molecule has 4 nitrogen and oxygen atoms in total. The van der Waals surface area contributed by atoms with Gasteiger partial charge in [-0.1, -0.05) is 12.1 Å². The molecule has 0 bridgehead atoms. The molecule has 0 aliphatic rings. The Bertz CT molecular complexity index is 549. The molecule has 0 spiro atoms. The third-order valence-corrected chi connectivity index (χ3v) is 5.53. The van der Waals surface area contributed by atoms with Gasteiger partial charge in [0.15, 0.2) is 0 Å². The summed E-state index contributed by atoms with van der Waals surface area (Å²) in [5, 5.41) is 8.61. The van der Waals surface area contributed by atoms with E-state index in [1.165, 1.54) is 4.31 Å². The van der Waals surface area contributed by atoms with Crippen LogP contribution in [0.1, 0.15) is 20.3 Å². The van der Waals surface area contributed by atoms with Crippen molar-refractivity contribution >= 4 is 26.0 Å². The van der Waals surface area contributed by atoms with E-state index in [0.29, 0.717) is 4.47 Å². The molecule has 0 radical (unpaired) electrons. The maximum Gasteiger partial charge on any atom is 0.244 e. The Morgan fingerprint density at radius 1 is 1.39 bits per heavy atom. The molecule has 1 aromatic carbocycles. The molecule has 0 N–H and O–H groups in total. The Hall–Kier alpha value is -0.900. The van der Waals surface area contributed by atoms with Crippen LogP contribution in [-0.4, -0.2) is 25.3 Å². The van der Waals surface area contributed by atoms with Gasteiger partial charge >= 0.3 is 0 Å². The Balaban J connectivity index is 3.19. The number of hydrogen-bond donors (Lipinski definition) is 0. The topological polar surface area (TPSA) is 61.2 Å².